The van der Waals surface area contributed by atoms with Crippen molar-refractivity contribution in [3.05, 3.63) is 125 Å². The summed E-state index contributed by atoms with van der Waals surface area (Å²) in [4.78, 5) is 7.91. The number of anilines is 5. The first-order valence-electron chi connectivity index (χ1n) is 16.2. The van der Waals surface area contributed by atoms with Crippen molar-refractivity contribution in [2.24, 2.45) is 0 Å². The summed E-state index contributed by atoms with van der Waals surface area (Å²) in [5.74, 6) is 1.89. The standard InChI is InChI=1S/C40H35BN2OS/c1-40(2,3)26-19-21-27(22-20-26)42-33-14-10-16-36-39(33)41(30-11-4-7-15-35(30)44-36)29-24-23-28(25-34(29)42)43-31-12-5-8-17-37(31)45-38-18-9-6-13-32(38)43/h4-5,7-8,10-12,14-17,19-25H,6,9,13,18H2,1-3H3. The van der Waals surface area contributed by atoms with Crippen LogP contribution in [0.4, 0.5) is 28.4 Å². The minimum absolute atomic E-state index is 0.0884. The quantitative estimate of drug-likeness (QED) is 0.183. The highest BCUT2D eigenvalue weighted by molar-refractivity contribution is 8.03. The van der Waals surface area contributed by atoms with Crippen LogP contribution in [-0.4, -0.2) is 6.71 Å². The first kappa shape index (κ1) is 27.0. The highest BCUT2D eigenvalue weighted by Crippen LogP contribution is 2.52. The van der Waals surface area contributed by atoms with Crippen molar-refractivity contribution in [3.8, 4) is 11.5 Å². The molecular formula is C40H35BN2OS. The maximum Gasteiger partial charge on any atom is 0.256 e. The third kappa shape index (κ3) is 4.20. The molecule has 0 amide bonds. The van der Waals surface area contributed by atoms with Gasteiger partial charge in [0.2, 0.25) is 0 Å². The van der Waals surface area contributed by atoms with Crippen LogP contribution in [0.3, 0.4) is 0 Å². The Balaban J connectivity index is 1.29. The van der Waals surface area contributed by atoms with Gasteiger partial charge in [0.05, 0.1) is 5.69 Å². The zero-order chi connectivity index (χ0) is 30.3. The molecule has 0 radical (unpaired) electrons. The molecule has 0 saturated heterocycles. The van der Waals surface area contributed by atoms with Crippen LogP contribution in [0.1, 0.15) is 52.0 Å². The lowest BCUT2D eigenvalue weighted by Gasteiger charge is -2.41. The number of nitrogens with zero attached hydrogens (tertiary/aromatic N) is 2. The van der Waals surface area contributed by atoms with Gasteiger partial charge >= 0.3 is 0 Å². The van der Waals surface area contributed by atoms with Gasteiger partial charge in [0.25, 0.3) is 6.71 Å². The van der Waals surface area contributed by atoms with Crippen molar-refractivity contribution in [1.29, 1.82) is 0 Å². The van der Waals surface area contributed by atoms with Crippen LogP contribution in [-0.2, 0) is 5.41 Å². The molecule has 220 valence electrons. The fraction of sp³-hybridized carbons (Fsp3) is 0.200. The number of allylic oxidation sites excluding steroid dienone is 2. The Hall–Kier alpha value is -4.35. The average Bonchev–Trinajstić information content (AvgIpc) is 3.06. The summed E-state index contributed by atoms with van der Waals surface area (Å²) in [6.45, 7) is 6.94. The second-order valence-electron chi connectivity index (χ2n) is 13.6. The molecule has 5 aromatic carbocycles. The lowest BCUT2D eigenvalue weighted by Crippen LogP contribution is -2.59. The average molecular weight is 603 g/mol. The Labute approximate surface area is 270 Å². The van der Waals surface area contributed by atoms with Gasteiger partial charge in [0.15, 0.2) is 0 Å². The highest BCUT2D eigenvalue weighted by atomic mass is 32.2. The molecule has 5 aromatic rings. The zero-order valence-electron chi connectivity index (χ0n) is 26.0. The predicted molar refractivity (Wildman–Crippen MR) is 191 cm³/mol. The minimum Gasteiger partial charge on any atom is -0.458 e. The number of hydrogen-bond donors (Lipinski definition) is 0. The van der Waals surface area contributed by atoms with Gasteiger partial charge in [-0.15, -0.1) is 0 Å². The van der Waals surface area contributed by atoms with Crippen LogP contribution in [0.25, 0.3) is 0 Å². The van der Waals surface area contributed by atoms with Crippen molar-refractivity contribution in [1.82, 2.24) is 0 Å². The van der Waals surface area contributed by atoms with Crippen LogP contribution in [0, 0.1) is 0 Å². The summed E-state index contributed by atoms with van der Waals surface area (Å²) in [6.07, 6.45) is 4.79. The monoisotopic (exact) mass is 602 g/mol. The third-order valence-electron chi connectivity index (χ3n) is 9.84. The molecule has 3 nitrogen and oxygen atoms in total. The Morgan fingerprint density at radius 1 is 0.644 bits per heavy atom. The third-order valence-corrected chi connectivity index (χ3v) is 11.1. The number of fused-ring (bicyclic) bond motifs is 5. The fourth-order valence-corrected chi connectivity index (χ4v) is 8.89. The number of rotatable bonds is 2. The van der Waals surface area contributed by atoms with Crippen LogP contribution in [0.15, 0.2) is 125 Å². The van der Waals surface area contributed by atoms with Crippen molar-refractivity contribution >= 4 is 63.3 Å². The van der Waals surface area contributed by atoms with E-state index in [1.54, 1.807) is 0 Å². The van der Waals surface area contributed by atoms with Crippen LogP contribution < -0.4 is 30.9 Å². The van der Waals surface area contributed by atoms with Crippen molar-refractivity contribution in [2.45, 2.75) is 56.8 Å². The van der Waals surface area contributed by atoms with Gasteiger partial charge in [-0.1, -0.05) is 87.1 Å². The first-order valence-corrected chi connectivity index (χ1v) is 17.0. The smallest absolute Gasteiger partial charge is 0.256 e. The van der Waals surface area contributed by atoms with Crippen molar-refractivity contribution in [2.75, 3.05) is 9.80 Å². The minimum atomic E-state index is 0.0884. The highest BCUT2D eigenvalue weighted by Gasteiger charge is 2.42. The Morgan fingerprint density at radius 3 is 2.24 bits per heavy atom. The van der Waals surface area contributed by atoms with Crippen molar-refractivity contribution in [3.63, 3.8) is 0 Å². The number of benzene rings is 5. The molecule has 0 aromatic heterocycles. The molecule has 0 saturated carbocycles. The molecular weight excluding hydrogens is 567 g/mol. The first-order chi connectivity index (χ1) is 22.0. The van der Waals surface area contributed by atoms with E-state index in [1.807, 2.05) is 11.8 Å². The molecule has 0 fully saturated rings. The van der Waals surface area contributed by atoms with Crippen LogP contribution in [0.5, 0.6) is 11.5 Å². The number of thioether (sulfide) groups is 1. The second kappa shape index (κ2) is 10.1. The number of ether oxygens (including phenoxy) is 1. The molecule has 0 unspecified atom stereocenters. The molecule has 0 bridgehead atoms. The zero-order valence-corrected chi connectivity index (χ0v) is 26.8. The normalized spacial score (nSPS) is 16.3. The Kier molecular flexibility index (Phi) is 6.05. The Morgan fingerprint density at radius 2 is 1.38 bits per heavy atom. The van der Waals surface area contributed by atoms with Gasteiger partial charge in [0.1, 0.15) is 11.5 Å². The van der Waals surface area contributed by atoms with E-state index in [4.69, 9.17) is 4.74 Å². The molecule has 4 aliphatic rings. The summed E-state index contributed by atoms with van der Waals surface area (Å²) in [5.41, 5.74) is 12.8. The van der Waals surface area contributed by atoms with E-state index in [-0.39, 0.29) is 12.1 Å². The SMILES string of the molecule is CC(C)(C)c1ccc(N2c3cc(N4C5=C(CCCC5)Sc5ccccc54)ccc3B3c4ccccc4Oc4cccc2c43)cc1. The van der Waals surface area contributed by atoms with E-state index in [9.17, 15) is 0 Å². The molecule has 1 aliphatic carbocycles. The maximum absolute atomic E-state index is 6.56. The molecule has 3 heterocycles. The number of para-hydroxylation sites is 2. The maximum atomic E-state index is 6.56. The van der Waals surface area contributed by atoms with E-state index < -0.39 is 0 Å². The Bertz CT molecular complexity index is 2030. The topological polar surface area (TPSA) is 15.7 Å². The fourth-order valence-electron chi connectivity index (χ4n) is 7.65. The largest absolute Gasteiger partial charge is 0.458 e. The van der Waals surface area contributed by atoms with Gasteiger partial charge in [-0.2, -0.15) is 0 Å². The molecule has 0 spiro atoms. The number of hydrogen-bond acceptors (Lipinski definition) is 4. The van der Waals surface area contributed by atoms with Crippen LogP contribution >= 0.6 is 11.8 Å². The molecule has 0 N–H and O–H groups in total. The lowest BCUT2D eigenvalue weighted by atomic mass is 9.34. The van der Waals surface area contributed by atoms with Gasteiger partial charge in [-0.3, -0.25) is 0 Å². The molecule has 0 atom stereocenters. The van der Waals surface area contributed by atoms with E-state index in [2.05, 4.69) is 140 Å². The van der Waals surface area contributed by atoms with Crippen molar-refractivity contribution < 1.29 is 4.74 Å². The summed E-state index contributed by atoms with van der Waals surface area (Å²) in [6, 6.07) is 40.4. The van der Waals surface area contributed by atoms with Crippen LogP contribution in [0.2, 0.25) is 0 Å². The molecule has 9 rings (SSSR count). The summed E-state index contributed by atoms with van der Waals surface area (Å²) >= 11 is 1.98. The van der Waals surface area contributed by atoms with Gasteiger partial charge < -0.3 is 14.5 Å². The summed E-state index contributed by atoms with van der Waals surface area (Å²) in [7, 11) is 0. The summed E-state index contributed by atoms with van der Waals surface area (Å²) < 4.78 is 6.56. The molecule has 45 heavy (non-hydrogen) atoms. The van der Waals surface area contributed by atoms with Gasteiger partial charge in [-0.05, 0) is 108 Å². The lowest BCUT2D eigenvalue weighted by molar-refractivity contribution is 0.487. The van der Waals surface area contributed by atoms with E-state index in [0.717, 1.165) is 24.3 Å². The van der Waals surface area contributed by atoms with E-state index in [0.29, 0.717) is 0 Å². The second-order valence-corrected chi connectivity index (χ2v) is 14.8. The predicted octanol–water partition coefficient (Wildman–Crippen LogP) is 9.42. The van der Waals surface area contributed by atoms with E-state index in [1.165, 1.54) is 78.7 Å². The molecule has 3 aliphatic heterocycles. The van der Waals surface area contributed by atoms with Gasteiger partial charge in [0, 0.05) is 38.2 Å². The summed E-state index contributed by atoms with van der Waals surface area (Å²) in [5, 5.41) is 0. The van der Waals surface area contributed by atoms with Gasteiger partial charge in [-0.25, -0.2) is 0 Å². The molecule has 5 heteroatoms. The van der Waals surface area contributed by atoms with E-state index >= 15 is 0 Å².